The topological polar surface area (TPSA) is 67.0 Å². The number of aromatic nitrogens is 2. The van der Waals surface area contributed by atoms with Gasteiger partial charge in [0.1, 0.15) is 5.75 Å². The molecule has 0 radical (unpaired) electrons. The summed E-state index contributed by atoms with van der Waals surface area (Å²) >= 11 is 0. The van der Waals surface area contributed by atoms with Gasteiger partial charge in [-0.15, -0.1) is 0 Å². The molecule has 0 unspecified atom stereocenters. The molecule has 1 aliphatic carbocycles. The molecule has 2 aliphatic rings. The minimum atomic E-state index is -4.61. The van der Waals surface area contributed by atoms with Crippen LogP contribution in [0, 0.1) is 5.92 Å². The van der Waals surface area contributed by atoms with Crippen molar-refractivity contribution in [1.29, 1.82) is 0 Å². The van der Waals surface area contributed by atoms with Crippen molar-refractivity contribution in [1.82, 2.24) is 9.36 Å². The molecule has 4 rings (SSSR count). The fourth-order valence-corrected chi connectivity index (χ4v) is 6.81. The highest BCUT2D eigenvalue weighted by atomic mass is 28.4. The molecule has 2 heterocycles. The van der Waals surface area contributed by atoms with Gasteiger partial charge in [0.25, 0.3) is 5.91 Å². The van der Waals surface area contributed by atoms with Crippen LogP contribution in [-0.2, 0) is 34.3 Å². The lowest BCUT2D eigenvalue weighted by atomic mass is 9.83. The lowest BCUT2D eigenvalue weighted by Gasteiger charge is -2.44. The summed E-state index contributed by atoms with van der Waals surface area (Å²) in [6.07, 6.45) is -0.968. The van der Waals surface area contributed by atoms with Crippen molar-refractivity contribution in [3.05, 3.63) is 46.6 Å². The predicted octanol–water partition coefficient (Wildman–Crippen LogP) is 7.24. The van der Waals surface area contributed by atoms with Crippen LogP contribution in [0.1, 0.15) is 88.8 Å². The monoisotopic (exact) mass is 623 g/mol. The van der Waals surface area contributed by atoms with E-state index in [0.29, 0.717) is 25.2 Å². The molecule has 1 saturated heterocycles. The van der Waals surface area contributed by atoms with Crippen molar-refractivity contribution >= 4 is 14.2 Å². The van der Waals surface area contributed by atoms with E-state index >= 15 is 0 Å². The minimum absolute atomic E-state index is 0.0187. The van der Waals surface area contributed by atoms with Crippen molar-refractivity contribution in [2.75, 3.05) is 13.2 Å². The molecule has 43 heavy (non-hydrogen) atoms. The van der Waals surface area contributed by atoms with Gasteiger partial charge < -0.3 is 13.9 Å². The van der Waals surface area contributed by atoms with Gasteiger partial charge in [0, 0.05) is 36.9 Å². The van der Waals surface area contributed by atoms with Gasteiger partial charge in [-0.1, -0.05) is 41.5 Å². The summed E-state index contributed by atoms with van der Waals surface area (Å²) in [5, 5.41) is 0.113. The summed E-state index contributed by atoms with van der Waals surface area (Å²) in [5.41, 5.74) is -0.0463. The standard InChI is InChI=1S/C32H48F3N3O4Si/c1-30(2,3)27-18-28(38(37(27)7)19-23-11-10-14-40-23)36-29(39)25-17-22(32(33,34)35)12-13-26(25)41-20-21-15-24(16-21)42-43(8,9)31(4,5)6/h12-13,17-18,21,23-24H,10-11,14-16,19-20H2,1-9H3/b36-28+/t21?,23-,24?/m1/s1. The molecule has 7 nitrogen and oxygen atoms in total. The summed E-state index contributed by atoms with van der Waals surface area (Å²) < 4.78 is 63.2. The number of hydrogen-bond donors (Lipinski definition) is 0. The number of rotatable bonds is 8. The minimum Gasteiger partial charge on any atom is -0.492 e. The van der Waals surface area contributed by atoms with E-state index in [1.165, 1.54) is 6.07 Å². The number of carbonyl (C=O) groups excluding carboxylic acids is 1. The van der Waals surface area contributed by atoms with Gasteiger partial charge in [0.15, 0.2) is 13.8 Å². The summed E-state index contributed by atoms with van der Waals surface area (Å²) in [7, 11) is 0.0148. The first-order valence-electron chi connectivity index (χ1n) is 15.3. The van der Waals surface area contributed by atoms with Crippen LogP contribution in [0.5, 0.6) is 5.75 Å². The van der Waals surface area contributed by atoms with Gasteiger partial charge in [-0.2, -0.15) is 18.2 Å². The van der Waals surface area contributed by atoms with Gasteiger partial charge >= 0.3 is 6.18 Å². The Morgan fingerprint density at radius 2 is 1.77 bits per heavy atom. The molecule has 0 bridgehead atoms. The van der Waals surface area contributed by atoms with Crippen molar-refractivity contribution < 1.29 is 31.9 Å². The number of halogens is 3. The fraction of sp³-hybridized carbons (Fsp3) is 0.688. The molecule has 1 amide bonds. The van der Waals surface area contributed by atoms with Crippen LogP contribution in [0.3, 0.4) is 0 Å². The first-order chi connectivity index (χ1) is 19.8. The van der Waals surface area contributed by atoms with Crippen molar-refractivity contribution in [2.24, 2.45) is 18.0 Å². The van der Waals surface area contributed by atoms with Crippen LogP contribution in [0.25, 0.3) is 0 Å². The van der Waals surface area contributed by atoms with E-state index < -0.39 is 26.0 Å². The highest BCUT2D eigenvalue weighted by Crippen LogP contribution is 2.42. The van der Waals surface area contributed by atoms with E-state index in [9.17, 15) is 18.0 Å². The summed E-state index contributed by atoms with van der Waals surface area (Å²) in [6, 6.07) is 4.87. The number of carbonyl (C=O) groups is 1. The maximum absolute atomic E-state index is 13.7. The Labute approximate surface area is 254 Å². The maximum Gasteiger partial charge on any atom is 0.416 e. The predicted molar refractivity (Wildman–Crippen MR) is 163 cm³/mol. The molecule has 2 aromatic rings. The number of nitrogens with zero attached hydrogens (tertiary/aromatic N) is 3. The van der Waals surface area contributed by atoms with E-state index in [0.717, 1.165) is 43.5 Å². The van der Waals surface area contributed by atoms with Gasteiger partial charge in [-0.25, -0.2) is 0 Å². The second kappa shape index (κ2) is 12.2. The number of hydrogen-bond acceptors (Lipinski definition) is 4. The normalized spacial score (nSPS) is 22.1. The van der Waals surface area contributed by atoms with Gasteiger partial charge in [0.2, 0.25) is 0 Å². The molecule has 0 N–H and O–H groups in total. The van der Waals surface area contributed by atoms with Gasteiger partial charge in [-0.3, -0.25) is 14.2 Å². The van der Waals surface area contributed by atoms with Gasteiger partial charge in [0.05, 0.1) is 30.4 Å². The molecule has 0 spiro atoms. The van der Waals surface area contributed by atoms with Crippen LogP contribution < -0.4 is 10.2 Å². The van der Waals surface area contributed by atoms with Crippen LogP contribution in [-0.4, -0.2) is 49.0 Å². The van der Waals surface area contributed by atoms with Gasteiger partial charge in [-0.05, 0) is 67.9 Å². The quantitative estimate of drug-likeness (QED) is 0.291. The lowest BCUT2D eigenvalue weighted by Crippen LogP contribution is -2.48. The molecule has 1 aromatic heterocycles. The second-order valence-corrected chi connectivity index (χ2v) is 19.4. The number of benzene rings is 1. The number of ether oxygens (including phenoxy) is 2. The van der Waals surface area contributed by atoms with E-state index in [2.05, 4.69) is 59.6 Å². The average molecular weight is 624 g/mol. The molecular weight excluding hydrogens is 575 g/mol. The highest BCUT2D eigenvalue weighted by Gasteiger charge is 2.42. The van der Waals surface area contributed by atoms with Crippen molar-refractivity contribution in [2.45, 2.75) is 116 Å². The Bertz CT molecular complexity index is 1370. The Morgan fingerprint density at radius 3 is 2.33 bits per heavy atom. The largest absolute Gasteiger partial charge is 0.492 e. The first kappa shape index (κ1) is 33.5. The van der Waals surface area contributed by atoms with Crippen molar-refractivity contribution in [3.8, 4) is 5.75 Å². The molecule has 1 aromatic carbocycles. The average Bonchev–Trinajstić information content (AvgIpc) is 3.47. The summed E-state index contributed by atoms with van der Waals surface area (Å²) in [4.78, 5) is 18.0. The molecule has 2 fully saturated rings. The first-order valence-corrected chi connectivity index (χ1v) is 18.2. The van der Waals surface area contributed by atoms with Crippen LogP contribution >= 0.6 is 0 Å². The Kier molecular flexibility index (Phi) is 9.51. The summed E-state index contributed by atoms with van der Waals surface area (Å²) in [6.45, 7) is 18.7. The lowest BCUT2D eigenvalue weighted by molar-refractivity contribution is -0.137. The molecule has 1 atom stereocenters. The van der Waals surface area contributed by atoms with Crippen LogP contribution in [0.15, 0.2) is 29.3 Å². The molecule has 1 aliphatic heterocycles. The Morgan fingerprint density at radius 1 is 1.09 bits per heavy atom. The Hall–Kier alpha value is -2.37. The maximum atomic E-state index is 13.7. The third-order valence-electron chi connectivity index (χ3n) is 9.10. The molecule has 11 heteroatoms. The third-order valence-corrected chi connectivity index (χ3v) is 13.6. The third kappa shape index (κ3) is 7.83. The van der Waals surface area contributed by atoms with E-state index in [1.807, 2.05) is 22.5 Å². The zero-order valence-corrected chi connectivity index (χ0v) is 28.1. The van der Waals surface area contributed by atoms with E-state index in [1.54, 1.807) is 0 Å². The van der Waals surface area contributed by atoms with Crippen LogP contribution in [0.2, 0.25) is 18.1 Å². The Balaban J connectivity index is 1.59. The fourth-order valence-electron chi connectivity index (χ4n) is 5.43. The molecular formula is C32H48F3N3O4Si. The second-order valence-electron chi connectivity index (χ2n) is 14.7. The number of amides is 1. The number of alkyl halides is 3. The van der Waals surface area contributed by atoms with Crippen molar-refractivity contribution in [3.63, 3.8) is 0 Å². The van der Waals surface area contributed by atoms with E-state index in [4.69, 9.17) is 13.9 Å². The molecule has 1 saturated carbocycles. The molecule has 240 valence electrons. The summed E-state index contributed by atoms with van der Waals surface area (Å²) in [5.74, 6) is -0.469. The zero-order chi connectivity index (χ0) is 32.0. The SMILES string of the molecule is Cn1c(C(C)(C)C)c/c(=N\C(=O)c2cc(C(F)(F)F)ccc2OCC2CC(O[Si](C)(C)C(C)(C)C)C2)n1C[C@H]1CCCO1. The zero-order valence-electron chi connectivity index (χ0n) is 27.1. The highest BCUT2D eigenvalue weighted by molar-refractivity contribution is 6.74. The van der Waals surface area contributed by atoms with Crippen LogP contribution in [0.4, 0.5) is 13.2 Å². The van der Waals surface area contributed by atoms with E-state index in [-0.39, 0.29) is 39.9 Å². The smallest absolute Gasteiger partial charge is 0.416 e.